The fraction of sp³-hybridized carbons (Fsp3) is 0.381. The van der Waals surface area contributed by atoms with Crippen LogP contribution in [0.4, 0.5) is 0 Å². The number of rotatable bonds is 4. The molecule has 1 aliphatic rings. The van der Waals surface area contributed by atoms with Crippen molar-refractivity contribution in [1.29, 1.82) is 0 Å². The molecule has 0 saturated carbocycles. The number of carbonyl (C=O) groups excluding carboxylic acids is 1. The minimum Gasteiger partial charge on any atom is -0.469 e. The van der Waals surface area contributed by atoms with Gasteiger partial charge < -0.3 is 19.4 Å². The van der Waals surface area contributed by atoms with Gasteiger partial charge in [-0.2, -0.15) is 0 Å². The lowest BCUT2D eigenvalue weighted by Crippen LogP contribution is -2.40. The first-order valence-corrected chi connectivity index (χ1v) is 10.4. The molecule has 160 valence electrons. The molecule has 1 saturated heterocycles. The summed E-state index contributed by atoms with van der Waals surface area (Å²) in [7, 11) is 3.18. The highest BCUT2D eigenvalue weighted by Crippen LogP contribution is 2.31. The molecule has 2 atom stereocenters. The lowest BCUT2D eigenvalue weighted by molar-refractivity contribution is -0.145. The number of guanidine groups is 1. The van der Waals surface area contributed by atoms with Crippen LogP contribution in [0.1, 0.15) is 12.7 Å². The average Bonchev–Trinajstić information content (AvgIpc) is 3.45. The molecule has 0 spiro atoms. The van der Waals surface area contributed by atoms with Gasteiger partial charge in [0.25, 0.3) is 0 Å². The molecule has 1 fully saturated rings. The van der Waals surface area contributed by atoms with Gasteiger partial charge in [0, 0.05) is 20.1 Å². The van der Waals surface area contributed by atoms with Crippen molar-refractivity contribution < 1.29 is 13.9 Å². The number of benzene rings is 1. The minimum absolute atomic E-state index is 0. The van der Waals surface area contributed by atoms with Gasteiger partial charge in [-0.1, -0.05) is 19.1 Å². The van der Waals surface area contributed by atoms with Crippen LogP contribution in [0.5, 0.6) is 0 Å². The van der Waals surface area contributed by atoms with Gasteiger partial charge in [0.2, 0.25) is 0 Å². The first-order chi connectivity index (χ1) is 14.1. The average molecular weight is 540 g/mol. The Kier molecular flexibility index (Phi) is 7.35. The van der Waals surface area contributed by atoms with Crippen LogP contribution in [0.3, 0.4) is 0 Å². The minimum atomic E-state index is -0.165. The molecule has 1 aliphatic heterocycles. The van der Waals surface area contributed by atoms with E-state index in [1.54, 1.807) is 18.4 Å². The highest BCUT2D eigenvalue weighted by molar-refractivity contribution is 14.0. The Morgan fingerprint density at radius 2 is 2.13 bits per heavy atom. The van der Waals surface area contributed by atoms with E-state index in [2.05, 4.69) is 33.2 Å². The quantitative estimate of drug-likeness (QED) is 0.234. The molecule has 2 aromatic heterocycles. The number of esters is 1. The van der Waals surface area contributed by atoms with Crippen molar-refractivity contribution in [2.75, 3.05) is 27.2 Å². The lowest BCUT2D eigenvalue weighted by Gasteiger charge is -2.21. The first kappa shape index (κ1) is 22.5. The SMILES string of the molecule is CN=C(NCc1ccc(-c2nc3ccccc3s2)o1)N1CC(C)C(C(=O)OC)C1.I. The fourth-order valence-corrected chi connectivity index (χ4v) is 4.59. The number of hydrogen-bond acceptors (Lipinski definition) is 6. The second kappa shape index (κ2) is 9.78. The van der Waals surface area contributed by atoms with Crippen molar-refractivity contribution in [2.45, 2.75) is 13.5 Å². The Hall–Kier alpha value is -2.14. The third-order valence-electron chi connectivity index (χ3n) is 5.21. The molecule has 2 unspecified atom stereocenters. The maximum atomic E-state index is 11.9. The van der Waals surface area contributed by atoms with E-state index >= 15 is 0 Å². The molecular formula is C21H25IN4O3S. The highest BCUT2D eigenvalue weighted by atomic mass is 127. The van der Waals surface area contributed by atoms with Crippen LogP contribution < -0.4 is 5.32 Å². The number of aliphatic imine (C=N–C) groups is 1. The van der Waals surface area contributed by atoms with Gasteiger partial charge in [0.05, 0.1) is 29.8 Å². The first-order valence-electron chi connectivity index (χ1n) is 9.57. The molecule has 30 heavy (non-hydrogen) atoms. The summed E-state index contributed by atoms with van der Waals surface area (Å²) in [6.45, 7) is 3.92. The van der Waals surface area contributed by atoms with Crippen molar-refractivity contribution in [3.8, 4) is 10.8 Å². The second-order valence-corrected chi connectivity index (χ2v) is 8.20. The van der Waals surface area contributed by atoms with Gasteiger partial charge in [0.15, 0.2) is 16.7 Å². The van der Waals surface area contributed by atoms with E-state index in [0.717, 1.165) is 39.2 Å². The molecule has 9 heteroatoms. The fourth-order valence-electron chi connectivity index (χ4n) is 3.66. The van der Waals surface area contributed by atoms with E-state index in [9.17, 15) is 4.79 Å². The van der Waals surface area contributed by atoms with Gasteiger partial charge in [-0.3, -0.25) is 9.79 Å². The maximum Gasteiger partial charge on any atom is 0.310 e. The summed E-state index contributed by atoms with van der Waals surface area (Å²) < 4.78 is 12.0. The largest absolute Gasteiger partial charge is 0.469 e. The van der Waals surface area contributed by atoms with E-state index in [1.165, 1.54) is 7.11 Å². The predicted octanol–water partition coefficient (Wildman–Crippen LogP) is 3.99. The van der Waals surface area contributed by atoms with E-state index in [4.69, 9.17) is 9.15 Å². The van der Waals surface area contributed by atoms with Crippen molar-refractivity contribution in [3.63, 3.8) is 0 Å². The molecule has 1 aromatic carbocycles. The van der Waals surface area contributed by atoms with Gasteiger partial charge in [-0.15, -0.1) is 35.3 Å². The molecule has 0 bridgehead atoms. The smallest absolute Gasteiger partial charge is 0.310 e. The Morgan fingerprint density at radius 3 is 2.87 bits per heavy atom. The van der Waals surface area contributed by atoms with Crippen molar-refractivity contribution in [2.24, 2.45) is 16.8 Å². The topological polar surface area (TPSA) is 80.0 Å². The monoisotopic (exact) mass is 540 g/mol. The Balaban J connectivity index is 0.00000256. The van der Waals surface area contributed by atoms with E-state index < -0.39 is 0 Å². The van der Waals surface area contributed by atoms with Crippen LogP contribution in [-0.4, -0.2) is 49.1 Å². The molecular weight excluding hydrogens is 515 g/mol. The summed E-state index contributed by atoms with van der Waals surface area (Å²) in [6, 6.07) is 12.0. The number of likely N-dealkylation sites (tertiary alicyclic amines) is 1. The van der Waals surface area contributed by atoms with Crippen LogP contribution in [0.25, 0.3) is 21.0 Å². The second-order valence-electron chi connectivity index (χ2n) is 7.17. The van der Waals surface area contributed by atoms with Crippen molar-refractivity contribution in [3.05, 3.63) is 42.2 Å². The number of thiazole rings is 1. The number of hydrogen-bond donors (Lipinski definition) is 1. The maximum absolute atomic E-state index is 11.9. The van der Waals surface area contributed by atoms with Crippen LogP contribution in [0.15, 0.2) is 45.8 Å². The number of carbonyl (C=O) groups is 1. The van der Waals surface area contributed by atoms with Crippen LogP contribution in [0.2, 0.25) is 0 Å². The molecule has 3 heterocycles. The summed E-state index contributed by atoms with van der Waals surface area (Å²) >= 11 is 1.62. The van der Waals surface area contributed by atoms with Gasteiger partial charge in [-0.25, -0.2) is 4.98 Å². The van der Waals surface area contributed by atoms with Crippen LogP contribution in [-0.2, 0) is 16.1 Å². The summed E-state index contributed by atoms with van der Waals surface area (Å²) in [4.78, 5) is 23.0. The summed E-state index contributed by atoms with van der Waals surface area (Å²) in [5.41, 5.74) is 0.979. The molecule has 3 aromatic rings. The Labute approximate surface area is 196 Å². The zero-order chi connectivity index (χ0) is 20.4. The molecule has 0 amide bonds. The molecule has 0 aliphatic carbocycles. The zero-order valence-corrected chi connectivity index (χ0v) is 20.3. The number of furan rings is 1. The summed E-state index contributed by atoms with van der Waals surface area (Å²) in [6.07, 6.45) is 0. The number of para-hydroxylation sites is 1. The predicted molar refractivity (Wildman–Crippen MR) is 129 cm³/mol. The van der Waals surface area contributed by atoms with Crippen LogP contribution in [0, 0.1) is 11.8 Å². The van der Waals surface area contributed by atoms with E-state index in [1.807, 2.05) is 30.3 Å². The number of ether oxygens (including phenoxy) is 1. The number of aromatic nitrogens is 1. The third kappa shape index (κ3) is 4.61. The van der Waals surface area contributed by atoms with Crippen molar-refractivity contribution >= 4 is 57.5 Å². The number of halogens is 1. The van der Waals surface area contributed by atoms with E-state index in [0.29, 0.717) is 13.1 Å². The summed E-state index contributed by atoms with van der Waals surface area (Å²) in [5, 5.41) is 4.20. The zero-order valence-electron chi connectivity index (χ0n) is 17.1. The highest BCUT2D eigenvalue weighted by Gasteiger charge is 2.36. The molecule has 4 rings (SSSR count). The van der Waals surface area contributed by atoms with E-state index in [-0.39, 0.29) is 41.8 Å². The summed E-state index contributed by atoms with van der Waals surface area (Å²) in [5.74, 6) is 2.24. The number of fused-ring (bicyclic) bond motifs is 1. The molecule has 0 radical (unpaired) electrons. The van der Waals surface area contributed by atoms with Gasteiger partial charge in [-0.05, 0) is 30.2 Å². The normalized spacial score (nSPS) is 19.0. The Morgan fingerprint density at radius 1 is 1.33 bits per heavy atom. The third-order valence-corrected chi connectivity index (χ3v) is 6.27. The van der Waals surface area contributed by atoms with Crippen molar-refractivity contribution in [1.82, 2.24) is 15.2 Å². The Bertz CT molecular complexity index is 1010. The van der Waals surface area contributed by atoms with Gasteiger partial charge in [0.1, 0.15) is 5.76 Å². The number of nitrogens with zero attached hydrogens (tertiary/aromatic N) is 3. The molecule has 1 N–H and O–H groups in total. The lowest BCUT2D eigenvalue weighted by atomic mass is 9.99. The van der Waals surface area contributed by atoms with Gasteiger partial charge >= 0.3 is 5.97 Å². The number of nitrogens with one attached hydrogen (secondary N) is 1. The number of methoxy groups -OCH3 is 1. The standard InChI is InChI=1S/C21H24N4O3S.HI/c1-13-11-25(12-15(13)20(26)27-3)21(22-2)23-10-14-8-9-17(28-14)19-24-16-6-4-5-7-18(16)29-19;/h4-9,13,15H,10-12H2,1-3H3,(H,22,23);1H. The molecule has 7 nitrogen and oxygen atoms in total. The van der Waals surface area contributed by atoms with Crippen LogP contribution >= 0.6 is 35.3 Å².